The van der Waals surface area contributed by atoms with Crippen molar-refractivity contribution in [3.8, 4) is 0 Å². The summed E-state index contributed by atoms with van der Waals surface area (Å²) in [5.41, 5.74) is 5.48. The van der Waals surface area contributed by atoms with Crippen molar-refractivity contribution in [2.24, 2.45) is 5.73 Å². The molecule has 2 N–H and O–H groups in total. The Balaban J connectivity index is 0. The molecule has 0 fully saturated rings. The van der Waals surface area contributed by atoms with Crippen molar-refractivity contribution >= 4 is 8.80 Å². The third-order valence-corrected chi connectivity index (χ3v) is 4.93. The van der Waals surface area contributed by atoms with Crippen LogP contribution in [-0.2, 0) is 33.7 Å². The second kappa shape index (κ2) is 11.2. The second-order valence-electron chi connectivity index (χ2n) is 2.87. The van der Waals surface area contributed by atoms with Crippen molar-refractivity contribution in [3.05, 3.63) is 0 Å². The van der Waals surface area contributed by atoms with Gasteiger partial charge in [-0.25, -0.2) is 0 Å². The van der Waals surface area contributed by atoms with Gasteiger partial charge in [0.2, 0.25) is 0 Å². The van der Waals surface area contributed by atoms with E-state index in [1.54, 1.807) is 0 Å². The summed E-state index contributed by atoms with van der Waals surface area (Å²) < 4.78 is 17.0. The van der Waals surface area contributed by atoms with E-state index in [1.165, 1.54) is 0 Å². The molecule has 0 aromatic carbocycles. The maximum atomic E-state index is 5.65. The summed E-state index contributed by atoms with van der Waals surface area (Å²) in [7, 11) is -2.40. The van der Waals surface area contributed by atoms with Crippen LogP contribution in [0.4, 0.5) is 0 Å². The van der Waals surface area contributed by atoms with Gasteiger partial charge in [-0.05, 0) is 33.7 Å². The number of hydrogen-bond donors (Lipinski definition) is 1. The van der Waals surface area contributed by atoms with Gasteiger partial charge in [-0.1, -0.05) is 0 Å². The van der Waals surface area contributed by atoms with Crippen molar-refractivity contribution in [1.29, 1.82) is 0 Å². The average molecular weight is 328 g/mol. The Bertz CT molecular complexity index is 124. The summed E-state index contributed by atoms with van der Waals surface area (Å²) in [6.45, 7) is 8.44. The van der Waals surface area contributed by atoms with Gasteiger partial charge in [0.25, 0.3) is 0 Å². The minimum atomic E-state index is -2.40. The first-order chi connectivity index (χ1) is 6.74. The van der Waals surface area contributed by atoms with E-state index >= 15 is 0 Å². The predicted molar refractivity (Wildman–Crippen MR) is 59.1 cm³/mol. The number of nitrogens with two attached hydrogens (primary N) is 1. The first-order valence-corrected chi connectivity index (χ1v) is 7.29. The molecule has 15 heavy (non-hydrogen) atoms. The van der Waals surface area contributed by atoms with Crippen LogP contribution in [0.5, 0.6) is 0 Å². The molecular formula is C9H23NO3PdSi. The van der Waals surface area contributed by atoms with E-state index in [0.29, 0.717) is 26.4 Å². The van der Waals surface area contributed by atoms with Crippen LogP contribution in [0, 0.1) is 0 Å². The Hall–Kier alpha value is 0.719. The van der Waals surface area contributed by atoms with Crippen LogP contribution in [0.3, 0.4) is 0 Å². The maximum absolute atomic E-state index is 5.65. The van der Waals surface area contributed by atoms with E-state index in [2.05, 4.69) is 0 Å². The SMILES string of the molecule is CCO[Si](CCCN)(OCC)OCC.[Pd]. The Morgan fingerprint density at radius 1 is 0.933 bits per heavy atom. The Morgan fingerprint density at radius 3 is 1.60 bits per heavy atom. The fourth-order valence-corrected chi connectivity index (χ4v) is 3.96. The molecule has 0 saturated heterocycles. The van der Waals surface area contributed by atoms with Crippen LogP contribution in [0.15, 0.2) is 0 Å². The minimum Gasteiger partial charge on any atom is -0.374 e. The fourth-order valence-electron chi connectivity index (χ4n) is 1.32. The molecule has 6 heteroatoms. The topological polar surface area (TPSA) is 53.7 Å². The molecule has 0 atom stereocenters. The first kappa shape index (κ1) is 18.1. The molecule has 4 nitrogen and oxygen atoms in total. The van der Waals surface area contributed by atoms with Gasteiger partial charge < -0.3 is 19.0 Å². The molecule has 0 aromatic rings. The third-order valence-electron chi connectivity index (χ3n) is 1.78. The zero-order chi connectivity index (χ0) is 10.9. The summed E-state index contributed by atoms with van der Waals surface area (Å²) in [5, 5.41) is 0. The molecule has 0 aromatic heterocycles. The monoisotopic (exact) mass is 327 g/mol. The molecule has 0 heterocycles. The van der Waals surface area contributed by atoms with Crippen LogP contribution >= 0.6 is 0 Å². The Labute approximate surface area is 108 Å². The minimum absolute atomic E-state index is 0. The molecule has 0 amide bonds. The molecular weight excluding hydrogens is 305 g/mol. The molecule has 0 rings (SSSR count). The van der Waals surface area contributed by atoms with Gasteiger partial charge in [-0.2, -0.15) is 0 Å². The van der Waals surface area contributed by atoms with Crippen LogP contribution in [-0.4, -0.2) is 35.2 Å². The second-order valence-corrected chi connectivity index (χ2v) is 5.61. The van der Waals surface area contributed by atoms with Crippen molar-refractivity contribution in [1.82, 2.24) is 0 Å². The molecule has 0 aliphatic carbocycles. The van der Waals surface area contributed by atoms with Crippen molar-refractivity contribution in [3.63, 3.8) is 0 Å². The van der Waals surface area contributed by atoms with Gasteiger partial charge in [-0.3, -0.25) is 0 Å². The standard InChI is InChI=1S/C9H23NO3Si.Pd/c1-4-11-14(12-5-2,13-6-3)9-7-8-10;/h4-10H2,1-3H3;. The summed E-state index contributed by atoms with van der Waals surface area (Å²) in [4.78, 5) is 0. The fraction of sp³-hybridized carbons (Fsp3) is 1.00. The van der Waals surface area contributed by atoms with Crippen molar-refractivity contribution in [2.45, 2.75) is 33.2 Å². The van der Waals surface area contributed by atoms with Crippen molar-refractivity contribution < 1.29 is 33.7 Å². The van der Waals surface area contributed by atoms with E-state index in [0.717, 1.165) is 12.5 Å². The van der Waals surface area contributed by atoms with Gasteiger partial charge >= 0.3 is 8.80 Å². The Morgan fingerprint density at radius 2 is 1.33 bits per heavy atom. The van der Waals surface area contributed by atoms with Crippen molar-refractivity contribution in [2.75, 3.05) is 26.4 Å². The largest absolute Gasteiger partial charge is 0.500 e. The summed E-state index contributed by atoms with van der Waals surface area (Å²) in [5.74, 6) is 0. The van der Waals surface area contributed by atoms with Crippen LogP contribution in [0.1, 0.15) is 27.2 Å². The van der Waals surface area contributed by atoms with Gasteiger partial charge in [-0.15, -0.1) is 0 Å². The molecule has 0 spiro atoms. The van der Waals surface area contributed by atoms with Crippen LogP contribution in [0.25, 0.3) is 0 Å². The van der Waals surface area contributed by atoms with E-state index in [-0.39, 0.29) is 20.4 Å². The summed E-state index contributed by atoms with van der Waals surface area (Å²) in [6, 6.07) is 0.818. The van der Waals surface area contributed by atoms with Gasteiger partial charge in [0.1, 0.15) is 0 Å². The summed E-state index contributed by atoms with van der Waals surface area (Å²) in [6.07, 6.45) is 0.895. The zero-order valence-corrected chi connectivity index (χ0v) is 12.4. The van der Waals surface area contributed by atoms with Gasteiger partial charge in [0.15, 0.2) is 0 Å². The van der Waals surface area contributed by atoms with Crippen LogP contribution in [0.2, 0.25) is 6.04 Å². The predicted octanol–water partition coefficient (Wildman–Crippen LogP) is 1.38. The maximum Gasteiger partial charge on any atom is 0.500 e. The van der Waals surface area contributed by atoms with Crippen LogP contribution < -0.4 is 5.73 Å². The normalized spacial score (nSPS) is 11.2. The van der Waals surface area contributed by atoms with Gasteiger partial charge in [0.05, 0.1) is 0 Å². The summed E-state index contributed by atoms with van der Waals surface area (Å²) >= 11 is 0. The number of rotatable bonds is 9. The molecule has 0 aliphatic heterocycles. The van der Waals surface area contributed by atoms with E-state index in [9.17, 15) is 0 Å². The first-order valence-electron chi connectivity index (χ1n) is 5.36. The van der Waals surface area contributed by atoms with E-state index < -0.39 is 8.80 Å². The average Bonchev–Trinajstić information content (AvgIpc) is 2.16. The van der Waals surface area contributed by atoms with E-state index in [4.69, 9.17) is 19.0 Å². The molecule has 96 valence electrons. The smallest absolute Gasteiger partial charge is 0.374 e. The van der Waals surface area contributed by atoms with E-state index in [1.807, 2.05) is 20.8 Å². The third kappa shape index (κ3) is 7.58. The number of hydrogen-bond acceptors (Lipinski definition) is 4. The molecule has 0 radical (unpaired) electrons. The quantitative estimate of drug-likeness (QED) is 0.650. The molecule has 0 saturated carbocycles. The molecule has 0 unspecified atom stereocenters. The van der Waals surface area contributed by atoms with Gasteiger partial charge in [0, 0.05) is 46.3 Å². The zero-order valence-electron chi connectivity index (χ0n) is 9.86. The molecule has 0 aliphatic rings. The Kier molecular flexibility index (Phi) is 13.5. The molecule has 0 bridgehead atoms.